The summed E-state index contributed by atoms with van der Waals surface area (Å²) in [6.07, 6.45) is 3.57. The van der Waals surface area contributed by atoms with Crippen molar-refractivity contribution < 1.29 is 4.74 Å². The Bertz CT molecular complexity index is 570. The number of benzene rings is 1. The maximum absolute atomic E-state index is 5.72. The van der Waals surface area contributed by atoms with E-state index in [0.29, 0.717) is 11.9 Å². The Balaban J connectivity index is 1.69. The minimum absolute atomic E-state index is 0.182. The molecule has 5 nitrogen and oxygen atoms in total. The van der Waals surface area contributed by atoms with Crippen LogP contribution in [0.15, 0.2) is 30.6 Å². The highest BCUT2D eigenvalue weighted by Gasteiger charge is 2.15. The predicted octanol–water partition coefficient (Wildman–Crippen LogP) is 3.16. The van der Waals surface area contributed by atoms with Crippen LogP contribution in [0.5, 0.6) is 0 Å². The maximum Gasteiger partial charge on any atom is 0.231 e. The number of hydrogen-bond donors (Lipinski definition) is 1. The third-order valence-corrected chi connectivity index (χ3v) is 3.58. The van der Waals surface area contributed by atoms with E-state index in [1.807, 2.05) is 12.1 Å². The fourth-order valence-electron chi connectivity index (χ4n) is 2.34. The molecule has 1 aliphatic heterocycles. The molecule has 0 atom stereocenters. The van der Waals surface area contributed by atoms with Gasteiger partial charge in [-0.1, -0.05) is 12.1 Å². The molecular formula is C14H15ClN4O. The van der Waals surface area contributed by atoms with Crippen molar-refractivity contribution in [2.24, 2.45) is 0 Å². The van der Waals surface area contributed by atoms with Crippen molar-refractivity contribution >= 4 is 23.2 Å². The topological polar surface area (TPSA) is 59.9 Å². The molecule has 1 fully saturated rings. The average Bonchev–Trinajstić information content (AvgIpc) is 2.49. The van der Waals surface area contributed by atoms with Crippen LogP contribution in [0.4, 0.5) is 11.6 Å². The van der Waals surface area contributed by atoms with Crippen molar-refractivity contribution in [1.29, 1.82) is 0 Å². The summed E-state index contributed by atoms with van der Waals surface area (Å²) in [6.45, 7) is 1.71. The Hall–Kier alpha value is -1.72. The van der Waals surface area contributed by atoms with Crippen molar-refractivity contribution in [1.82, 2.24) is 15.0 Å². The zero-order valence-electron chi connectivity index (χ0n) is 10.9. The summed E-state index contributed by atoms with van der Waals surface area (Å²) in [5, 5.41) is 3.29. The van der Waals surface area contributed by atoms with E-state index >= 15 is 0 Å². The lowest BCUT2D eigenvalue weighted by atomic mass is 9.92. The number of halogens is 1. The number of nitrogens with one attached hydrogen (secondary N) is 1. The first kappa shape index (κ1) is 13.3. The van der Waals surface area contributed by atoms with Gasteiger partial charge in [-0.25, -0.2) is 9.97 Å². The molecule has 20 heavy (non-hydrogen) atoms. The molecule has 0 aliphatic carbocycles. The SMILES string of the molecule is Clc1ncnc(Nc2ccc(C3CCOCC3)cc2)n1. The van der Waals surface area contributed by atoms with Crippen molar-refractivity contribution in [2.45, 2.75) is 18.8 Å². The molecule has 104 valence electrons. The highest BCUT2D eigenvalue weighted by atomic mass is 35.5. The maximum atomic E-state index is 5.72. The normalized spacial score (nSPS) is 16.1. The third kappa shape index (κ3) is 3.23. The lowest BCUT2D eigenvalue weighted by Crippen LogP contribution is -2.13. The van der Waals surface area contributed by atoms with E-state index in [0.717, 1.165) is 31.7 Å². The van der Waals surface area contributed by atoms with Gasteiger partial charge in [0.05, 0.1) is 0 Å². The highest BCUT2D eigenvalue weighted by Crippen LogP contribution is 2.28. The van der Waals surface area contributed by atoms with E-state index in [1.165, 1.54) is 11.9 Å². The first-order valence-corrected chi connectivity index (χ1v) is 6.98. The van der Waals surface area contributed by atoms with E-state index in [9.17, 15) is 0 Å². The van der Waals surface area contributed by atoms with Gasteiger partial charge in [-0.15, -0.1) is 0 Å². The Morgan fingerprint density at radius 2 is 1.85 bits per heavy atom. The summed E-state index contributed by atoms with van der Waals surface area (Å²) < 4.78 is 5.39. The Morgan fingerprint density at radius 3 is 2.55 bits per heavy atom. The molecule has 1 aromatic carbocycles. The van der Waals surface area contributed by atoms with Gasteiger partial charge in [0.1, 0.15) is 6.33 Å². The molecule has 0 radical (unpaired) electrons. The van der Waals surface area contributed by atoms with Gasteiger partial charge < -0.3 is 10.1 Å². The van der Waals surface area contributed by atoms with Gasteiger partial charge in [0, 0.05) is 18.9 Å². The molecule has 0 spiro atoms. The molecule has 0 amide bonds. The summed E-state index contributed by atoms with van der Waals surface area (Å²) in [6, 6.07) is 8.34. The number of anilines is 2. The van der Waals surface area contributed by atoms with Crippen LogP contribution in [-0.4, -0.2) is 28.2 Å². The van der Waals surface area contributed by atoms with E-state index in [-0.39, 0.29) is 5.28 Å². The van der Waals surface area contributed by atoms with Gasteiger partial charge in [-0.05, 0) is 48.1 Å². The number of aromatic nitrogens is 3. The molecule has 2 aromatic rings. The van der Waals surface area contributed by atoms with Crippen LogP contribution in [0.2, 0.25) is 5.28 Å². The quantitative estimate of drug-likeness (QED) is 0.941. The first-order valence-electron chi connectivity index (χ1n) is 6.60. The van der Waals surface area contributed by atoms with Gasteiger partial charge in [0.2, 0.25) is 11.2 Å². The number of rotatable bonds is 3. The highest BCUT2D eigenvalue weighted by molar-refractivity contribution is 6.28. The number of nitrogens with zero attached hydrogens (tertiary/aromatic N) is 3. The summed E-state index contributed by atoms with van der Waals surface area (Å²) in [4.78, 5) is 11.8. The van der Waals surface area contributed by atoms with Crippen LogP contribution in [-0.2, 0) is 4.74 Å². The van der Waals surface area contributed by atoms with Crippen molar-refractivity contribution in [3.63, 3.8) is 0 Å². The molecule has 1 saturated heterocycles. The molecule has 3 rings (SSSR count). The fraction of sp³-hybridized carbons (Fsp3) is 0.357. The molecular weight excluding hydrogens is 276 g/mol. The molecule has 0 bridgehead atoms. The van der Waals surface area contributed by atoms with Gasteiger partial charge in [-0.2, -0.15) is 4.98 Å². The fourth-order valence-corrected chi connectivity index (χ4v) is 2.46. The Kier molecular flexibility index (Phi) is 4.08. The minimum atomic E-state index is 0.182. The molecule has 1 aromatic heterocycles. The molecule has 6 heteroatoms. The second-order valence-corrected chi connectivity index (χ2v) is 5.05. The van der Waals surface area contributed by atoms with Crippen molar-refractivity contribution in [2.75, 3.05) is 18.5 Å². The predicted molar refractivity (Wildman–Crippen MR) is 77.4 cm³/mol. The largest absolute Gasteiger partial charge is 0.381 e. The molecule has 1 N–H and O–H groups in total. The molecule has 0 unspecified atom stereocenters. The summed E-state index contributed by atoms with van der Waals surface area (Å²) in [5.41, 5.74) is 2.29. The van der Waals surface area contributed by atoms with Crippen LogP contribution in [0.25, 0.3) is 0 Å². The van der Waals surface area contributed by atoms with Gasteiger partial charge in [0.25, 0.3) is 0 Å². The molecule has 2 heterocycles. The van der Waals surface area contributed by atoms with Crippen LogP contribution in [0.3, 0.4) is 0 Å². The minimum Gasteiger partial charge on any atom is -0.381 e. The Labute approximate surface area is 122 Å². The lowest BCUT2D eigenvalue weighted by molar-refractivity contribution is 0.0853. The van der Waals surface area contributed by atoms with Crippen LogP contribution in [0, 0.1) is 0 Å². The number of hydrogen-bond acceptors (Lipinski definition) is 5. The van der Waals surface area contributed by atoms with Crippen LogP contribution in [0.1, 0.15) is 24.3 Å². The Morgan fingerprint density at radius 1 is 1.10 bits per heavy atom. The monoisotopic (exact) mass is 290 g/mol. The van der Waals surface area contributed by atoms with E-state index in [4.69, 9.17) is 16.3 Å². The lowest BCUT2D eigenvalue weighted by Gasteiger charge is -2.22. The van der Waals surface area contributed by atoms with E-state index < -0.39 is 0 Å². The second kappa shape index (κ2) is 6.15. The van der Waals surface area contributed by atoms with Crippen molar-refractivity contribution in [3.05, 3.63) is 41.4 Å². The van der Waals surface area contributed by atoms with Crippen LogP contribution >= 0.6 is 11.6 Å². The average molecular weight is 291 g/mol. The zero-order chi connectivity index (χ0) is 13.8. The van der Waals surface area contributed by atoms with Crippen molar-refractivity contribution in [3.8, 4) is 0 Å². The molecule has 1 aliphatic rings. The van der Waals surface area contributed by atoms with Gasteiger partial charge >= 0.3 is 0 Å². The smallest absolute Gasteiger partial charge is 0.231 e. The third-order valence-electron chi connectivity index (χ3n) is 3.40. The number of ether oxygens (including phenoxy) is 1. The first-order chi connectivity index (χ1) is 9.81. The molecule has 0 saturated carbocycles. The summed E-state index contributed by atoms with van der Waals surface area (Å²) in [5.74, 6) is 1.05. The zero-order valence-corrected chi connectivity index (χ0v) is 11.7. The van der Waals surface area contributed by atoms with Gasteiger partial charge in [0.15, 0.2) is 0 Å². The standard InChI is InChI=1S/C14H15ClN4O/c15-13-16-9-17-14(19-13)18-12-3-1-10(2-4-12)11-5-7-20-8-6-11/h1-4,9,11H,5-8H2,(H,16,17,18,19). The van der Waals surface area contributed by atoms with Gasteiger partial charge in [-0.3, -0.25) is 0 Å². The second-order valence-electron chi connectivity index (χ2n) is 4.71. The summed E-state index contributed by atoms with van der Waals surface area (Å²) >= 11 is 5.72. The van der Waals surface area contributed by atoms with E-state index in [1.54, 1.807) is 0 Å². The van der Waals surface area contributed by atoms with E-state index in [2.05, 4.69) is 32.4 Å². The van der Waals surface area contributed by atoms with Crippen LogP contribution < -0.4 is 5.32 Å². The summed E-state index contributed by atoms with van der Waals surface area (Å²) in [7, 11) is 0.